The molecule has 0 fully saturated rings. The Morgan fingerprint density at radius 3 is 3.00 bits per heavy atom. The number of aromatic nitrogens is 2. The van der Waals surface area contributed by atoms with Gasteiger partial charge in [0.25, 0.3) is 0 Å². The Bertz CT molecular complexity index is 253. The second-order valence-electron chi connectivity index (χ2n) is 2.56. The molecule has 12 heavy (non-hydrogen) atoms. The number of anilines is 2. The number of rotatable bonds is 3. The van der Waals surface area contributed by atoms with Crippen molar-refractivity contribution < 1.29 is 5.11 Å². The van der Waals surface area contributed by atoms with Crippen molar-refractivity contribution >= 4 is 11.6 Å². The highest BCUT2D eigenvalue weighted by atomic mass is 16.3. The van der Waals surface area contributed by atoms with Crippen molar-refractivity contribution in [3.05, 3.63) is 12.4 Å². The maximum Gasteiger partial charge on any atom is 0.147 e. The molecule has 66 valence electrons. The molecule has 4 N–H and O–H groups in total. The summed E-state index contributed by atoms with van der Waals surface area (Å²) in [5.41, 5.74) is 5.40. The van der Waals surface area contributed by atoms with Crippen LogP contribution >= 0.6 is 0 Å². The van der Waals surface area contributed by atoms with Gasteiger partial charge in [-0.25, -0.2) is 4.98 Å². The van der Waals surface area contributed by atoms with Crippen molar-refractivity contribution in [3.63, 3.8) is 0 Å². The zero-order valence-corrected chi connectivity index (χ0v) is 6.86. The first-order chi connectivity index (χ1) is 5.72. The predicted octanol–water partition coefficient (Wildman–Crippen LogP) is -0.149. The third-order valence-electron chi connectivity index (χ3n) is 1.32. The molecule has 1 aromatic rings. The lowest BCUT2D eigenvalue weighted by atomic mass is 10.4. The Balaban J connectivity index is 2.63. The fourth-order valence-corrected chi connectivity index (χ4v) is 0.749. The van der Waals surface area contributed by atoms with Gasteiger partial charge >= 0.3 is 0 Å². The largest absolute Gasteiger partial charge is 0.394 e. The Hall–Kier alpha value is -1.36. The summed E-state index contributed by atoms with van der Waals surface area (Å²) in [5.74, 6) is 0.946. The molecule has 5 heteroatoms. The first-order valence-corrected chi connectivity index (χ1v) is 3.67. The monoisotopic (exact) mass is 168 g/mol. The third kappa shape index (κ3) is 2.35. The lowest BCUT2D eigenvalue weighted by molar-refractivity contribution is 0.281. The SMILES string of the molecule is C[C@@H](CO)Nc1cncc(N)n1. The molecule has 1 rings (SSSR count). The average molecular weight is 168 g/mol. The molecule has 0 aliphatic heterocycles. The zero-order valence-electron chi connectivity index (χ0n) is 6.86. The van der Waals surface area contributed by atoms with Gasteiger partial charge in [-0.05, 0) is 6.92 Å². The molecule has 1 atom stereocenters. The van der Waals surface area contributed by atoms with Crippen LogP contribution in [0.3, 0.4) is 0 Å². The van der Waals surface area contributed by atoms with Gasteiger partial charge in [-0.15, -0.1) is 0 Å². The summed E-state index contributed by atoms with van der Waals surface area (Å²) in [6, 6.07) is -0.0406. The van der Waals surface area contributed by atoms with E-state index in [1.54, 1.807) is 6.20 Å². The maximum absolute atomic E-state index is 8.72. The highest BCUT2D eigenvalue weighted by Gasteiger charge is 2.00. The summed E-state index contributed by atoms with van der Waals surface area (Å²) in [5, 5.41) is 11.7. The maximum atomic E-state index is 8.72. The van der Waals surface area contributed by atoms with E-state index < -0.39 is 0 Å². The fourth-order valence-electron chi connectivity index (χ4n) is 0.749. The summed E-state index contributed by atoms with van der Waals surface area (Å²) in [6.07, 6.45) is 3.03. The number of nitrogens with one attached hydrogen (secondary N) is 1. The van der Waals surface area contributed by atoms with Crippen LogP contribution in [0.15, 0.2) is 12.4 Å². The van der Waals surface area contributed by atoms with Crippen LogP contribution in [0.5, 0.6) is 0 Å². The lowest BCUT2D eigenvalue weighted by Crippen LogP contribution is -2.20. The summed E-state index contributed by atoms with van der Waals surface area (Å²) in [7, 11) is 0. The van der Waals surface area contributed by atoms with Gasteiger partial charge in [0.1, 0.15) is 11.6 Å². The number of hydrogen-bond donors (Lipinski definition) is 3. The fraction of sp³-hybridized carbons (Fsp3) is 0.429. The zero-order chi connectivity index (χ0) is 8.97. The lowest BCUT2D eigenvalue weighted by Gasteiger charge is -2.10. The Morgan fingerprint density at radius 2 is 2.42 bits per heavy atom. The van der Waals surface area contributed by atoms with Crippen LogP contribution in [-0.4, -0.2) is 27.7 Å². The highest BCUT2D eigenvalue weighted by Crippen LogP contribution is 2.03. The van der Waals surface area contributed by atoms with E-state index in [9.17, 15) is 0 Å². The van der Waals surface area contributed by atoms with E-state index in [2.05, 4.69) is 15.3 Å². The van der Waals surface area contributed by atoms with Crippen LogP contribution in [0.1, 0.15) is 6.92 Å². The standard InChI is InChI=1S/C7H12N4O/c1-5(4-12)10-7-3-9-2-6(8)11-7/h2-3,5,12H,4H2,1H3,(H3,8,10,11)/t5-/m0/s1. The van der Waals surface area contributed by atoms with Gasteiger partial charge < -0.3 is 16.2 Å². The molecule has 0 unspecified atom stereocenters. The summed E-state index contributed by atoms with van der Waals surface area (Å²) < 4.78 is 0. The molecule has 1 aromatic heterocycles. The minimum Gasteiger partial charge on any atom is -0.394 e. The first kappa shape index (κ1) is 8.73. The van der Waals surface area contributed by atoms with Crippen molar-refractivity contribution in [2.75, 3.05) is 17.7 Å². The van der Waals surface area contributed by atoms with Crippen LogP contribution in [0, 0.1) is 0 Å². The summed E-state index contributed by atoms with van der Waals surface area (Å²) in [4.78, 5) is 7.79. The second-order valence-corrected chi connectivity index (χ2v) is 2.56. The summed E-state index contributed by atoms with van der Waals surface area (Å²) >= 11 is 0. The quantitative estimate of drug-likeness (QED) is 0.584. The molecule has 0 spiro atoms. The number of nitrogens with zero attached hydrogens (tertiary/aromatic N) is 2. The summed E-state index contributed by atoms with van der Waals surface area (Å²) in [6.45, 7) is 1.89. The van der Waals surface area contributed by atoms with Gasteiger partial charge in [0, 0.05) is 6.04 Å². The molecule has 1 heterocycles. The Kier molecular flexibility index (Phi) is 2.82. The smallest absolute Gasteiger partial charge is 0.147 e. The van der Waals surface area contributed by atoms with Crippen LogP contribution in [0.4, 0.5) is 11.6 Å². The first-order valence-electron chi connectivity index (χ1n) is 3.67. The molecule has 5 nitrogen and oxygen atoms in total. The number of hydrogen-bond acceptors (Lipinski definition) is 5. The number of nitrogen functional groups attached to an aromatic ring is 1. The van der Waals surface area contributed by atoms with E-state index in [0.717, 1.165) is 0 Å². The molecular formula is C7H12N4O. The normalized spacial score (nSPS) is 12.5. The van der Waals surface area contributed by atoms with Gasteiger partial charge in [-0.2, -0.15) is 0 Å². The molecule has 0 amide bonds. The van der Waals surface area contributed by atoms with Crippen molar-refractivity contribution in [1.29, 1.82) is 0 Å². The molecule has 0 radical (unpaired) electrons. The minimum atomic E-state index is -0.0406. The van der Waals surface area contributed by atoms with Crippen LogP contribution in [0.2, 0.25) is 0 Å². The van der Waals surface area contributed by atoms with Gasteiger partial charge in [-0.3, -0.25) is 4.98 Å². The van der Waals surface area contributed by atoms with Gasteiger partial charge in [0.05, 0.1) is 19.0 Å². The number of aliphatic hydroxyl groups excluding tert-OH is 1. The molecular weight excluding hydrogens is 156 g/mol. The molecule has 0 saturated heterocycles. The van der Waals surface area contributed by atoms with Crippen LogP contribution in [0.25, 0.3) is 0 Å². The topological polar surface area (TPSA) is 84.1 Å². The van der Waals surface area contributed by atoms with Crippen LogP contribution < -0.4 is 11.1 Å². The minimum absolute atomic E-state index is 0.0406. The number of aliphatic hydroxyl groups is 1. The van der Waals surface area contributed by atoms with Crippen molar-refractivity contribution in [2.45, 2.75) is 13.0 Å². The van der Waals surface area contributed by atoms with Gasteiger partial charge in [0.15, 0.2) is 0 Å². The highest BCUT2D eigenvalue weighted by molar-refractivity contribution is 5.38. The second kappa shape index (κ2) is 3.87. The number of nitrogens with two attached hydrogens (primary N) is 1. The molecule has 0 saturated carbocycles. The van der Waals surface area contributed by atoms with E-state index in [1.807, 2.05) is 6.92 Å². The van der Waals surface area contributed by atoms with E-state index in [0.29, 0.717) is 11.6 Å². The van der Waals surface area contributed by atoms with Gasteiger partial charge in [0.2, 0.25) is 0 Å². The molecule has 0 aromatic carbocycles. The molecule has 0 aliphatic rings. The molecule has 0 aliphatic carbocycles. The molecule has 0 bridgehead atoms. The Labute approximate surface area is 70.6 Å². The van der Waals surface area contributed by atoms with E-state index in [1.165, 1.54) is 6.20 Å². The van der Waals surface area contributed by atoms with Crippen LogP contribution in [-0.2, 0) is 0 Å². The van der Waals surface area contributed by atoms with E-state index in [-0.39, 0.29) is 12.6 Å². The van der Waals surface area contributed by atoms with E-state index >= 15 is 0 Å². The van der Waals surface area contributed by atoms with Crippen molar-refractivity contribution in [3.8, 4) is 0 Å². The average Bonchev–Trinajstić information content (AvgIpc) is 2.04. The van der Waals surface area contributed by atoms with Gasteiger partial charge in [-0.1, -0.05) is 0 Å². The third-order valence-corrected chi connectivity index (χ3v) is 1.32. The van der Waals surface area contributed by atoms with E-state index in [4.69, 9.17) is 10.8 Å². The van der Waals surface area contributed by atoms with Crippen molar-refractivity contribution in [2.24, 2.45) is 0 Å². The Morgan fingerprint density at radius 1 is 1.67 bits per heavy atom. The van der Waals surface area contributed by atoms with Crippen molar-refractivity contribution in [1.82, 2.24) is 9.97 Å². The predicted molar refractivity (Wildman–Crippen MR) is 46.6 cm³/mol.